The molecule has 0 spiro atoms. The van der Waals surface area contributed by atoms with Gasteiger partial charge < -0.3 is 20.0 Å². The molecule has 4 amide bonds. The number of carbonyl (C=O) groups is 3. The summed E-state index contributed by atoms with van der Waals surface area (Å²) < 4.78 is 0. The second-order valence-corrected chi connectivity index (χ2v) is 7.78. The van der Waals surface area contributed by atoms with Crippen LogP contribution in [0.3, 0.4) is 0 Å². The van der Waals surface area contributed by atoms with Gasteiger partial charge in [-0.15, -0.1) is 0 Å². The molecule has 1 aromatic rings. The zero-order valence-electron chi connectivity index (χ0n) is 17.5. The minimum atomic E-state index is -0.174. The van der Waals surface area contributed by atoms with Gasteiger partial charge in [-0.25, -0.2) is 4.79 Å². The molecule has 158 valence electrons. The lowest BCUT2D eigenvalue weighted by Crippen LogP contribution is -2.50. The second kappa shape index (κ2) is 9.76. The highest BCUT2D eigenvalue weighted by Crippen LogP contribution is 2.23. The van der Waals surface area contributed by atoms with Crippen LogP contribution in [0.15, 0.2) is 24.3 Å². The van der Waals surface area contributed by atoms with Crippen molar-refractivity contribution in [3.63, 3.8) is 0 Å². The molecule has 2 aliphatic rings. The number of piperidine rings is 1. The lowest BCUT2D eigenvalue weighted by molar-refractivity contribution is -0.126. The van der Waals surface area contributed by atoms with E-state index in [4.69, 9.17) is 0 Å². The van der Waals surface area contributed by atoms with Crippen LogP contribution < -0.4 is 10.2 Å². The predicted molar refractivity (Wildman–Crippen MR) is 112 cm³/mol. The zero-order chi connectivity index (χ0) is 20.8. The van der Waals surface area contributed by atoms with Gasteiger partial charge in [0.15, 0.2) is 0 Å². The number of urea groups is 1. The number of nitrogens with one attached hydrogen (secondary N) is 1. The van der Waals surface area contributed by atoms with E-state index < -0.39 is 0 Å². The minimum absolute atomic E-state index is 0.00954. The van der Waals surface area contributed by atoms with Crippen molar-refractivity contribution in [1.29, 1.82) is 0 Å². The molecule has 29 heavy (non-hydrogen) atoms. The van der Waals surface area contributed by atoms with E-state index in [1.54, 1.807) is 9.80 Å². The Kier molecular flexibility index (Phi) is 7.12. The van der Waals surface area contributed by atoms with Crippen LogP contribution in [0.5, 0.6) is 0 Å². The number of anilines is 1. The molecule has 0 bridgehead atoms. The van der Waals surface area contributed by atoms with E-state index in [9.17, 15) is 14.4 Å². The van der Waals surface area contributed by atoms with Crippen molar-refractivity contribution < 1.29 is 14.4 Å². The summed E-state index contributed by atoms with van der Waals surface area (Å²) in [5.74, 6) is -0.0253. The summed E-state index contributed by atoms with van der Waals surface area (Å²) in [5, 5.41) is 3.02. The van der Waals surface area contributed by atoms with Crippen LogP contribution in [0.25, 0.3) is 0 Å². The van der Waals surface area contributed by atoms with Gasteiger partial charge in [0.25, 0.3) is 0 Å². The molecule has 0 aliphatic carbocycles. The fraction of sp³-hybridized carbons (Fsp3) is 0.591. The van der Waals surface area contributed by atoms with Gasteiger partial charge in [0, 0.05) is 51.4 Å². The third-order valence-electron chi connectivity index (χ3n) is 5.86. The van der Waals surface area contributed by atoms with E-state index >= 15 is 0 Å². The molecule has 1 atom stereocenters. The third-order valence-corrected chi connectivity index (χ3v) is 5.86. The van der Waals surface area contributed by atoms with Gasteiger partial charge in [-0.1, -0.05) is 12.1 Å². The number of hydrogen-bond donors (Lipinski definition) is 1. The smallest absolute Gasteiger partial charge is 0.320 e. The molecular weight excluding hydrogens is 368 g/mol. The largest absolute Gasteiger partial charge is 0.352 e. The number of hydrogen-bond acceptors (Lipinski definition) is 3. The monoisotopic (exact) mass is 400 g/mol. The highest BCUT2D eigenvalue weighted by Gasteiger charge is 2.30. The van der Waals surface area contributed by atoms with Crippen LogP contribution in [0.2, 0.25) is 0 Å². The minimum Gasteiger partial charge on any atom is -0.352 e. The lowest BCUT2D eigenvalue weighted by atomic mass is 9.97. The average Bonchev–Trinajstić information content (AvgIpc) is 3.19. The van der Waals surface area contributed by atoms with Crippen LogP contribution >= 0.6 is 0 Å². The molecule has 2 aliphatic heterocycles. The highest BCUT2D eigenvalue weighted by molar-refractivity contribution is 5.95. The molecule has 0 unspecified atom stereocenters. The number of benzene rings is 1. The second-order valence-electron chi connectivity index (χ2n) is 7.78. The maximum atomic E-state index is 12.7. The Labute approximate surface area is 173 Å². The van der Waals surface area contributed by atoms with E-state index in [0.717, 1.165) is 37.1 Å². The van der Waals surface area contributed by atoms with Crippen molar-refractivity contribution in [3.8, 4) is 0 Å². The highest BCUT2D eigenvalue weighted by atomic mass is 16.2. The first-order chi connectivity index (χ1) is 14.0. The Hall–Kier alpha value is -2.57. The van der Waals surface area contributed by atoms with E-state index in [-0.39, 0.29) is 23.8 Å². The zero-order valence-corrected chi connectivity index (χ0v) is 17.5. The maximum Gasteiger partial charge on any atom is 0.320 e. The molecule has 2 fully saturated rings. The molecule has 0 aromatic heterocycles. The third kappa shape index (κ3) is 5.08. The fourth-order valence-corrected chi connectivity index (χ4v) is 4.15. The summed E-state index contributed by atoms with van der Waals surface area (Å²) >= 11 is 0. The van der Waals surface area contributed by atoms with Gasteiger partial charge in [-0.2, -0.15) is 0 Å². The summed E-state index contributed by atoms with van der Waals surface area (Å²) in [6, 6.07) is 7.82. The number of carbonyl (C=O) groups excluding carboxylic acids is 3. The molecule has 7 nitrogen and oxygen atoms in total. The van der Waals surface area contributed by atoms with E-state index in [1.807, 2.05) is 43.0 Å². The lowest BCUT2D eigenvalue weighted by Gasteiger charge is -2.35. The normalized spacial score (nSPS) is 19.4. The molecule has 2 heterocycles. The summed E-state index contributed by atoms with van der Waals surface area (Å²) in [6.45, 7) is 7.67. The standard InChI is InChI=1S/C22H32N4O3/c1-3-24(4-2)22(29)25-12-6-9-18(16-25)21(28)23-15-17-8-5-10-19(14-17)26-13-7-11-20(26)27/h5,8,10,14,18H,3-4,6-7,9,11-13,15-16H2,1-2H3,(H,23,28)/t18-/m1/s1. The molecule has 1 N–H and O–H groups in total. The van der Waals surface area contributed by atoms with Gasteiger partial charge >= 0.3 is 6.03 Å². The van der Waals surface area contributed by atoms with Gasteiger partial charge in [0.2, 0.25) is 11.8 Å². The number of nitrogens with zero attached hydrogens (tertiary/aromatic N) is 3. The van der Waals surface area contributed by atoms with Gasteiger partial charge in [-0.05, 0) is 50.8 Å². The van der Waals surface area contributed by atoms with Crippen molar-refractivity contribution >= 4 is 23.5 Å². The Balaban J connectivity index is 1.55. The summed E-state index contributed by atoms with van der Waals surface area (Å²) in [6.07, 6.45) is 3.14. The number of likely N-dealkylation sites (tertiary alicyclic amines) is 1. The first-order valence-corrected chi connectivity index (χ1v) is 10.7. The Bertz CT molecular complexity index is 747. The quantitative estimate of drug-likeness (QED) is 0.798. The van der Waals surface area contributed by atoms with Crippen LogP contribution in [0.1, 0.15) is 45.1 Å². The SMILES string of the molecule is CCN(CC)C(=O)N1CCC[C@@H](C(=O)NCc2cccc(N3CCCC3=O)c2)C1. The Morgan fingerprint density at radius 1 is 1.17 bits per heavy atom. The van der Waals surface area contributed by atoms with E-state index in [0.29, 0.717) is 39.1 Å². The van der Waals surface area contributed by atoms with Crippen LogP contribution in [0.4, 0.5) is 10.5 Å². The van der Waals surface area contributed by atoms with Gasteiger partial charge in [0.1, 0.15) is 0 Å². The van der Waals surface area contributed by atoms with Crippen molar-refractivity contribution in [2.24, 2.45) is 5.92 Å². The maximum absolute atomic E-state index is 12.7. The van der Waals surface area contributed by atoms with Crippen molar-refractivity contribution in [1.82, 2.24) is 15.1 Å². The Morgan fingerprint density at radius 2 is 1.97 bits per heavy atom. The average molecular weight is 401 g/mol. The Morgan fingerprint density at radius 3 is 2.66 bits per heavy atom. The van der Waals surface area contributed by atoms with E-state index in [1.165, 1.54) is 0 Å². The van der Waals surface area contributed by atoms with Crippen molar-refractivity contribution in [2.75, 3.05) is 37.6 Å². The molecular formula is C22H32N4O3. The van der Waals surface area contributed by atoms with Crippen molar-refractivity contribution in [2.45, 2.75) is 46.1 Å². The number of rotatable bonds is 6. The predicted octanol–water partition coefficient (Wildman–Crippen LogP) is 2.60. The molecule has 0 radical (unpaired) electrons. The topological polar surface area (TPSA) is 73.0 Å². The first kappa shape index (κ1) is 21.1. The van der Waals surface area contributed by atoms with Crippen molar-refractivity contribution in [3.05, 3.63) is 29.8 Å². The van der Waals surface area contributed by atoms with Gasteiger partial charge in [-0.3, -0.25) is 9.59 Å². The summed E-state index contributed by atoms with van der Waals surface area (Å²) in [7, 11) is 0. The summed E-state index contributed by atoms with van der Waals surface area (Å²) in [5.41, 5.74) is 1.87. The van der Waals surface area contributed by atoms with Crippen LogP contribution in [-0.4, -0.2) is 60.4 Å². The molecule has 3 rings (SSSR count). The molecule has 0 saturated carbocycles. The first-order valence-electron chi connectivity index (χ1n) is 10.7. The van der Waals surface area contributed by atoms with E-state index in [2.05, 4.69) is 5.32 Å². The van der Waals surface area contributed by atoms with Crippen LogP contribution in [-0.2, 0) is 16.1 Å². The van der Waals surface area contributed by atoms with Crippen LogP contribution in [0, 0.1) is 5.92 Å². The summed E-state index contributed by atoms with van der Waals surface area (Å²) in [4.78, 5) is 42.7. The molecule has 2 saturated heterocycles. The number of amides is 4. The van der Waals surface area contributed by atoms with Gasteiger partial charge in [0.05, 0.1) is 5.92 Å². The molecule has 7 heteroatoms. The molecule has 1 aromatic carbocycles. The fourth-order valence-electron chi connectivity index (χ4n) is 4.15.